The number of aromatic nitrogens is 1. The normalized spacial score (nSPS) is 24.8. The van der Waals surface area contributed by atoms with Crippen molar-refractivity contribution in [3.8, 4) is 0 Å². The topological polar surface area (TPSA) is 66.4 Å². The molecule has 37 heavy (non-hydrogen) atoms. The zero-order chi connectivity index (χ0) is 26.5. The average molecular weight is 525 g/mol. The van der Waals surface area contributed by atoms with E-state index in [0.29, 0.717) is 5.92 Å². The monoisotopic (exact) mass is 524 g/mol. The summed E-state index contributed by atoms with van der Waals surface area (Å²) in [6.45, 7) is 4.15. The van der Waals surface area contributed by atoms with Gasteiger partial charge in [-0.25, -0.2) is 22.0 Å². The van der Waals surface area contributed by atoms with E-state index in [2.05, 4.69) is 15.5 Å². The fraction of sp³-hybridized carbons (Fsp3) is 0.538. The molecule has 2 aromatic rings. The summed E-state index contributed by atoms with van der Waals surface area (Å²) < 4.78 is 69.6. The predicted molar refractivity (Wildman–Crippen MR) is 128 cm³/mol. The van der Waals surface area contributed by atoms with Gasteiger partial charge in [-0.3, -0.25) is 9.59 Å². The zero-order valence-corrected chi connectivity index (χ0v) is 20.3. The summed E-state index contributed by atoms with van der Waals surface area (Å²) in [5.74, 6) is -1.49. The molecule has 0 radical (unpaired) electrons. The molecule has 1 aromatic heterocycles. The van der Waals surface area contributed by atoms with E-state index in [1.165, 1.54) is 25.1 Å². The molecule has 1 unspecified atom stereocenters. The van der Waals surface area contributed by atoms with Crippen LogP contribution in [-0.2, 0) is 5.54 Å². The summed E-state index contributed by atoms with van der Waals surface area (Å²) in [6.07, 6.45) is -2.48. The number of halogens is 5. The highest BCUT2D eigenvalue weighted by Gasteiger charge is 2.53. The first kappa shape index (κ1) is 25.7. The summed E-state index contributed by atoms with van der Waals surface area (Å²) >= 11 is 0. The van der Waals surface area contributed by atoms with Crippen molar-refractivity contribution in [3.63, 3.8) is 0 Å². The maximum Gasteiger partial charge on any atom is 0.266 e. The van der Waals surface area contributed by atoms with E-state index >= 15 is 0 Å². The first-order valence-electron chi connectivity index (χ1n) is 12.5. The van der Waals surface area contributed by atoms with Crippen LogP contribution in [-0.4, -0.2) is 47.5 Å². The van der Waals surface area contributed by atoms with Gasteiger partial charge < -0.3 is 20.1 Å². The van der Waals surface area contributed by atoms with Crippen molar-refractivity contribution < 1.29 is 26.7 Å². The molecule has 6 nitrogen and oxygen atoms in total. The lowest BCUT2D eigenvalue weighted by Crippen LogP contribution is -2.53. The fourth-order valence-corrected chi connectivity index (χ4v) is 5.63. The van der Waals surface area contributed by atoms with Gasteiger partial charge in [-0.05, 0) is 51.6 Å². The number of amides is 1. The molecule has 4 heterocycles. The third-order valence-corrected chi connectivity index (χ3v) is 8.05. The predicted octanol–water partition coefficient (Wildman–Crippen LogP) is 4.68. The van der Waals surface area contributed by atoms with Crippen molar-refractivity contribution in [2.24, 2.45) is 5.92 Å². The minimum atomic E-state index is -3.02. The minimum Gasteiger partial charge on any atom is -0.380 e. The van der Waals surface area contributed by atoms with Gasteiger partial charge in [-0.15, -0.1) is 0 Å². The molecule has 2 atom stereocenters. The van der Waals surface area contributed by atoms with Gasteiger partial charge in [-0.1, -0.05) is 18.2 Å². The van der Waals surface area contributed by atoms with Crippen molar-refractivity contribution in [2.75, 3.05) is 25.0 Å². The van der Waals surface area contributed by atoms with Gasteiger partial charge in [0, 0.05) is 30.4 Å². The van der Waals surface area contributed by atoms with Gasteiger partial charge in [0.05, 0.1) is 22.9 Å². The van der Waals surface area contributed by atoms with Crippen molar-refractivity contribution >= 4 is 11.6 Å². The number of anilines is 1. The van der Waals surface area contributed by atoms with Crippen LogP contribution >= 0.6 is 0 Å². The van der Waals surface area contributed by atoms with E-state index in [1.54, 1.807) is 0 Å². The molecule has 11 heteroatoms. The Hall–Kier alpha value is -2.95. The third-order valence-electron chi connectivity index (χ3n) is 8.05. The number of fused-ring (bicyclic) bond motifs is 3. The van der Waals surface area contributed by atoms with Crippen LogP contribution in [0.1, 0.15) is 66.6 Å². The van der Waals surface area contributed by atoms with Gasteiger partial charge in [0.2, 0.25) is 0 Å². The summed E-state index contributed by atoms with van der Waals surface area (Å²) in [6, 6.07) is 3.71. The molecule has 3 saturated heterocycles. The number of hydrogen-bond donors (Lipinski definition) is 2. The standard InChI is InChI=1S/C26H29F5N4O2/c1-14(16-3-2-4-17(22(16)27)23(28)29)32-24(37)18-12-35(26(7-8-26)25(30)31)21(36)11-19(18)33-20-13-34-9-5-15(20)6-10-34/h2-4,11-12,14-15,20,23,25,33H,5-10,13H2,1H3,(H,32,37)/t14?,20-/m0/s1. The van der Waals surface area contributed by atoms with Crippen LogP contribution in [0.2, 0.25) is 0 Å². The fourth-order valence-electron chi connectivity index (χ4n) is 5.63. The second-order valence-corrected chi connectivity index (χ2v) is 10.3. The van der Waals surface area contributed by atoms with Crippen LogP contribution in [0, 0.1) is 11.7 Å². The van der Waals surface area contributed by atoms with Crippen molar-refractivity contribution in [1.82, 2.24) is 14.8 Å². The third kappa shape index (κ3) is 4.73. The van der Waals surface area contributed by atoms with Crippen molar-refractivity contribution in [2.45, 2.75) is 63.1 Å². The van der Waals surface area contributed by atoms with E-state index in [-0.39, 0.29) is 35.7 Å². The molecular formula is C26H29F5N4O2. The molecule has 6 rings (SSSR count). The van der Waals surface area contributed by atoms with Gasteiger partial charge >= 0.3 is 0 Å². The number of carbonyl (C=O) groups is 1. The number of nitrogens with zero attached hydrogens (tertiary/aromatic N) is 2. The Kier molecular flexibility index (Phi) is 6.76. The Bertz CT molecular complexity index is 1240. The molecule has 1 saturated carbocycles. The molecule has 4 aliphatic rings. The van der Waals surface area contributed by atoms with E-state index in [1.807, 2.05) is 0 Å². The van der Waals surface area contributed by atoms with Crippen LogP contribution in [0.4, 0.5) is 27.6 Å². The number of pyridine rings is 1. The van der Waals surface area contributed by atoms with Crippen LogP contribution in [0.3, 0.4) is 0 Å². The average Bonchev–Trinajstić information content (AvgIpc) is 3.67. The molecule has 1 amide bonds. The molecule has 1 aromatic carbocycles. The Morgan fingerprint density at radius 3 is 2.35 bits per heavy atom. The zero-order valence-electron chi connectivity index (χ0n) is 20.3. The number of nitrogens with one attached hydrogen (secondary N) is 2. The van der Waals surface area contributed by atoms with E-state index < -0.39 is 47.3 Å². The first-order chi connectivity index (χ1) is 17.6. The van der Waals surface area contributed by atoms with Crippen LogP contribution < -0.4 is 16.2 Å². The van der Waals surface area contributed by atoms with Crippen molar-refractivity contribution in [3.05, 3.63) is 63.3 Å². The van der Waals surface area contributed by atoms with Crippen LogP contribution in [0.25, 0.3) is 0 Å². The highest BCUT2D eigenvalue weighted by molar-refractivity contribution is 5.99. The van der Waals surface area contributed by atoms with Gasteiger partial charge in [-0.2, -0.15) is 0 Å². The molecule has 4 fully saturated rings. The Labute approximate surface area is 210 Å². The maximum atomic E-state index is 14.7. The molecule has 0 spiro atoms. The quantitative estimate of drug-likeness (QED) is 0.493. The number of hydrogen-bond acceptors (Lipinski definition) is 4. The molecule has 3 aliphatic heterocycles. The van der Waals surface area contributed by atoms with Gasteiger partial charge in [0.25, 0.3) is 24.3 Å². The summed E-state index contributed by atoms with van der Waals surface area (Å²) in [7, 11) is 0. The lowest BCUT2D eigenvalue weighted by atomic mass is 9.84. The number of rotatable bonds is 8. The number of benzene rings is 1. The van der Waals surface area contributed by atoms with Gasteiger partial charge in [0.1, 0.15) is 11.4 Å². The molecular weight excluding hydrogens is 495 g/mol. The number of alkyl halides is 4. The molecule has 1 aliphatic carbocycles. The smallest absolute Gasteiger partial charge is 0.266 e. The molecule has 200 valence electrons. The Morgan fingerprint density at radius 2 is 1.78 bits per heavy atom. The first-order valence-corrected chi connectivity index (χ1v) is 12.5. The highest BCUT2D eigenvalue weighted by atomic mass is 19.3. The lowest BCUT2D eigenvalue weighted by molar-refractivity contribution is 0.0648. The maximum absolute atomic E-state index is 14.7. The Morgan fingerprint density at radius 1 is 1.11 bits per heavy atom. The number of piperidine rings is 3. The molecule has 2 N–H and O–H groups in total. The van der Waals surface area contributed by atoms with Crippen LogP contribution in [0.5, 0.6) is 0 Å². The SMILES string of the molecule is CC(NC(=O)c1cn(C2(C(F)F)CC2)c(=O)cc1N[C@H]1CN2CCC1CC2)c1cccc(C(F)F)c1F. The summed E-state index contributed by atoms with van der Waals surface area (Å²) in [4.78, 5) is 28.6. The van der Waals surface area contributed by atoms with Crippen molar-refractivity contribution in [1.29, 1.82) is 0 Å². The second-order valence-electron chi connectivity index (χ2n) is 10.3. The summed E-state index contributed by atoms with van der Waals surface area (Å²) in [5.41, 5.74) is -3.00. The molecule has 2 bridgehead atoms. The van der Waals surface area contributed by atoms with E-state index in [9.17, 15) is 31.5 Å². The van der Waals surface area contributed by atoms with Crippen LogP contribution in [0.15, 0.2) is 35.3 Å². The lowest BCUT2D eigenvalue weighted by Gasteiger charge is -2.45. The Balaban J connectivity index is 1.48. The van der Waals surface area contributed by atoms with E-state index in [0.717, 1.165) is 49.3 Å². The van der Waals surface area contributed by atoms with Gasteiger partial charge in [0.15, 0.2) is 0 Å². The summed E-state index contributed by atoms with van der Waals surface area (Å²) in [5, 5.41) is 5.90. The van der Waals surface area contributed by atoms with E-state index in [4.69, 9.17) is 0 Å². The number of carbonyl (C=O) groups excluding carboxylic acids is 1. The minimum absolute atomic E-state index is 0.0214. The second kappa shape index (κ2) is 9.74. The largest absolute Gasteiger partial charge is 0.380 e. The highest BCUT2D eigenvalue weighted by Crippen LogP contribution is 2.48.